The van der Waals surface area contributed by atoms with Gasteiger partial charge in [-0.05, 0) is 17.0 Å². The number of hydrogen-bond acceptors (Lipinski definition) is 3. The molecule has 5 heteroatoms. The predicted octanol–water partition coefficient (Wildman–Crippen LogP) is 3.04. The van der Waals surface area contributed by atoms with Crippen LogP contribution in [0.1, 0.15) is 28.5 Å². The molecule has 1 aromatic heterocycles. The number of carbonyl (C=O) groups is 1. The van der Waals surface area contributed by atoms with Gasteiger partial charge >= 0.3 is 0 Å². The van der Waals surface area contributed by atoms with E-state index in [0.717, 1.165) is 17.7 Å². The van der Waals surface area contributed by atoms with Crippen LogP contribution in [0, 0.1) is 0 Å². The number of carbonyl (C=O) groups excluding carboxylic acids is 1. The fraction of sp³-hybridized carbons (Fsp3) is 0.182. The van der Waals surface area contributed by atoms with E-state index in [9.17, 15) is 4.79 Å². The SMILES string of the molecule is O=C(C[NH2+][C@@H](c1ccccc1)c1cccs1)N1CCC(c2ccccc2)=N1. The maximum atomic E-state index is 12.7. The van der Waals surface area contributed by atoms with E-state index in [2.05, 4.69) is 40.1 Å². The van der Waals surface area contributed by atoms with Crippen LogP contribution in [0.2, 0.25) is 0 Å². The zero-order chi connectivity index (χ0) is 18.5. The van der Waals surface area contributed by atoms with Crippen molar-refractivity contribution >= 4 is 23.0 Å². The van der Waals surface area contributed by atoms with Crippen LogP contribution < -0.4 is 5.32 Å². The summed E-state index contributed by atoms with van der Waals surface area (Å²) >= 11 is 1.72. The Kier molecular flexibility index (Phi) is 5.42. The van der Waals surface area contributed by atoms with Crippen LogP contribution in [0.25, 0.3) is 0 Å². The van der Waals surface area contributed by atoms with Crippen LogP contribution in [-0.4, -0.2) is 29.7 Å². The van der Waals surface area contributed by atoms with Crippen LogP contribution >= 0.6 is 11.3 Å². The monoisotopic (exact) mass is 376 g/mol. The molecule has 4 nitrogen and oxygen atoms in total. The number of hydrazone groups is 1. The summed E-state index contributed by atoms with van der Waals surface area (Å²) in [6.07, 6.45) is 0.808. The highest BCUT2D eigenvalue weighted by atomic mass is 32.1. The van der Waals surface area contributed by atoms with Crippen molar-refractivity contribution < 1.29 is 10.1 Å². The van der Waals surface area contributed by atoms with Gasteiger partial charge in [0.15, 0.2) is 6.54 Å². The molecule has 136 valence electrons. The maximum absolute atomic E-state index is 12.7. The van der Waals surface area contributed by atoms with Gasteiger partial charge in [0.2, 0.25) is 0 Å². The van der Waals surface area contributed by atoms with Gasteiger partial charge in [0.1, 0.15) is 6.04 Å². The highest BCUT2D eigenvalue weighted by Crippen LogP contribution is 2.22. The molecule has 0 saturated heterocycles. The van der Waals surface area contributed by atoms with Gasteiger partial charge in [-0.25, -0.2) is 5.01 Å². The lowest BCUT2D eigenvalue weighted by atomic mass is 10.1. The summed E-state index contributed by atoms with van der Waals surface area (Å²) in [6, 6.07) is 24.7. The lowest BCUT2D eigenvalue weighted by Crippen LogP contribution is -2.87. The van der Waals surface area contributed by atoms with Gasteiger partial charge in [0.25, 0.3) is 5.91 Å². The summed E-state index contributed by atoms with van der Waals surface area (Å²) in [5, 5.41) is 10.4. The Balaban J connectivity index is 1.44. The molecular formula is C22H22N3OS+. The Morgan fingerprint density at radius 1 is 1.04 bits per heavy atom. The second kappa shape index (κ2) is 8.29. The molecule has 27 heavy (non-hydrogen) atoms. The number of thiophene rings is 1. The minimum absolute atomic E-state index is 0.0541. The van der Waals surface area contributed by atoms with E-state index in [1.54, 1.807) is 16.3 Å². The Morgan fingerprint density at radius 3 is 2.48 bits per heavy atom. The van der Waals surface area contributed by atoms with E-state index in [0.29, 0.717) is 13.1 Å². The maximum Gasteiger partial charge on any atom is 0.297 e. The number of nitrogens with zero attached hydrogens (tertiary/aromatic N) is 2. The predicted molar refractivity (Wildman–Crippen MR) is 109 cm³/mol. The Hall–Kier alpha value is -2.76. The van der Waals surface area contributed by atoms with Crippen molar-refractivity contribution in [2.45, 2.75) is 12.5 Å². The lowest BCUT2D eigenvalue weighted by molar-refractivity contribution is -0.676. The summed E-state index contributed by atoms with van der Waals surface area (Å²) in [5.41, 5.74) is 3.29. The molecule has 1 aliphatic heterocycles. The minimum Gasteiger partial charge on any atom is -0.328 e. The first kappa shape index (κ1) is 17.6. The highest BCUT2D eigenvalue weighted by Gasteiger charge is 2.25. The van der Waals surface area contributed by atoms with Gasteiger partial charge in [-0.2, -0.15) is 5.10 Å². The number of benzene rings is 2. The fourth-order valence-electron chi connectivity index (χ4n) is 3.34. The Bertz CT molecular complexity index is 907. The van der Waals surface area contributed by atoms with Crippen molar-refractivity contribution in [1.29, 1.82) is 0 Å². The van der Waals surface area contributed by atoms with Crippen LogP contribution in [0.4, 0.5) is 0 Å². The number of nitrogens with two attached hydrogens (primary N) is 1. The summed E-state index contributed by atoms with van der Waals surface area (Å²) in [5.74, 6) is 0.0541. The molecule has 2 aromatic carbocycles. The van der Waals surface area contributed by atoms with Gasteiger partial charge in [0.05, 0.1) is 17.1 Å². The van der Waals surface area contributed by atoms with Crippen molar-refractivity contribution in [3.05, 3.63) is 94.2 Å². The standard InChI is InChI=1S/C22H21N3OS/c26-21(25-14-13-19(24-25)17-8-3-1-4-9-17)16-23-22(20-12-7-15-27-20)18-10-5-2-6-11-18/h1-12,15,22-23H,13-14,16H2/p+1/t22-/m0/s1. The van der Waals surface area contributed by atoms with Crippen molar-refractivity contribution in [3.63, 3.8) is 0 Å². The third-order valence-corrected chi connectivity index (χ3v) is 5.69. The number of amides is 1. The van der Waals surface area contributed by atoms with Crippen molar-refractivity contribution in [1.82, 2.24) is 5.01 Å². The molecule has 1 amide bonds. The van der Waals surface area contributed by atoms with Gasteiger partial charge in [0, 0.05) is 12.0 Å². The first-order valence-corrected chi connectivity index (χ1v) is 10.0. The third-order valence-electron chi connectivity index (χ3n) is 4.73. The van der Waals surface area contributed by atoms with E-state index in [-0.39, 0.29) is 11.9 Å². The van der Waals surface area contributed by atoms with Crippen molar-refractivity contribution in [2.24, 2.45) is 5.10 Å². The van der Waals surface area contributed by atoms with E-state index in [1.165, 1.54) is 10.4 Å². The van der Waals surface area contributed by atoms with E-state index < -0.39 is 0 Å². The fourth-order valence-corrected chi connectivity index (χ4v) is 4.19. The topological polar surface area (TPSA) is 49.3 Å². The molecule has 1 atom stereocenters. The van der Waals surface area contributed by atoms with Crippen LogP contribution in [0.5, 0.6) is 0 Å². The molecule has 0 radical (unpaired) electrons. The molecule has 3 aromatic rings. The quantitative estimate of drug-likeness (QED) is 0.706. The summed E-state index contributed by atoms with van der Waals surface area (Å²) in [7, 11) is 0. The van der Waals surface area contributed by atoms with E-state index >= 15 is 0 Å². The molecule has 0 saturated carbocycles. The van der Waals surface area contributed by atoms with Crippen molar-refractivity contribution in [2.75, 3.05) is 13.1 Å². The molecular weight excluding hydrogens is 354 g/mol. The molecule has 0 fully saturated rings. The van der Waals surface area contributed by atoms with Crippen LogP contribution in [0.15, 0.2) is 83.3 Å². The minimum atomic E-state index is 0.0541. The van der Waals surface area contributed by atoms with Crippen molar-refractivity contribution in [3.8, 4) is 0 Å². The second-order valence-electron chi connectivity index (χ2n) is 6.52. The van der Waals surface area contributed by atoms with Gasteiger partial charge in [-0.3, -0.25) is 4.79 Å². The Labute approximate surface area is 163 Å². The molecule has 4 rings (SSSR count). The average molecular weight is 377 g/mol. The average Bonchev–Trinajstić information content (AvgIpc) is 3.42. The normalized spacial score (nSPS) is 14.8. The van der Waals surface area contributed by atoms with E-state index in [1.807, 2.05) is 48.5 Å². The molecule has 2 heterocycles. The largest absolute Gasteiger partial charge is 0.328 e. The third kappa shape index (κ3) is 4.15. The summed E-state index contributed by atoms with van der Waals surface area (Å²) in [6.45, 7) is 1.04. The van der Waals surface area contributed by atoms with Gasteiger partial charge < -0.3 is 5.32 Å². The smallest absolute Gasteiger partial charge is 0.297 e. The zero-order valence-corrected chi connectivity index (χ0v) is 15.8. The summed E-state index contributed by atoms with van der Waals surface area (Å²) in [4.78, 5) is 14.0. The number of rotatable bonds is 6. The molecule has 0 bridgehead atoms. The number of quaternary nitrogens is 1. The molecule has 0 unspecified atom stereocenters. The molecule has 0 spiro atoms. The van der Waals surface area contributed by atoms with Gasteiger partial charge in [-0.15, -0.1) is 11.3 Å². The molecule has 2 N–H and O–H groups in total. The first-order valence-electron chi connectivity index (χ1n) is 9.16. The van der Waals surface area contributed by atoms with Crippen LogP contribution in [0.3, 0.4) is 0 Å². The number of hydrogen-bond donors (Lipinski definition) is 1. The van der Waals surface area contributed by atoms with Gasteiger partial charge in [-0.1, -0.05) is 66.7 Å². The Morgan fingerprint density at radius 2 is 1.78 bits per heavy atom. The molecule has 1 aliphatic rings. The molecule has 0 aliphatic carbocycles. The zero-order valence-electron chi connectivity index (χ0n) is 15.0. The first-order chi connectivity index (χ1) is 13.3. The van der Waals surface area contributed by atoms with E-state index in [4.69, 9.17) is 0 Å². The highest BCUT2D eigenvalue weighted by molar-refractivity contribution is 7.10. The second-order valence-corrected chi connectivity index (χ2v) is 7.50. The summed E-state index contributed by atoms with van der Waals surface area (Å²) < 4.78 is 0. The lowest BCUT2D eigenvalue weighted by Gasteiger charge is -2.16. The van der Waals surface area contributed by atoms with Crippen LogP contribution in [-0.2, 0) is 4.79 Å².